The van der Waals surface area contributed by atoms with Gasteiger partial charge in [0.25, 0.3) is 0 Å². The van der Waals surface area contributed by atoms with E-state index in [-0.39, 0.29) is 5.57 Å². The average Bonchev–Trinajstić information content (AvgIpc) is 3.03. The number of anilines is 1. The zero-order valence-corrected chi connectivity index (χ0v) is 16.1. The van der Waals surface area contributed by atoms with Crippen molar-refractivity contribution in [2.75, 3.05) is 11.4 Å². The van der Waals surface area contributed by atoms with Gasteiger partial charge in [-0.3, -0.25) is 0 Å². The van der Waals surface area contributed by atoms with Gasteiger partial charge in [-0.1, -0.05) is 41.6 Å². The lowest BCUT2D eigenvalue weighted by Crippen LogP contribution is -2.16. The van der Waals surface area contributed by atoms with Gasteiger partial charge >= 0.3 is 0 Å². The summed E-state index contributed by atoms with van der Waals surface area (Å²) >= 11 is 8.31. The lowest BCUT2D eigenvalue weighted by molar-refractivity contribution is 0.791. The Hall–Kier alpha value is -2.40. The van der Waals surface area contributed by atoms with Crippen molar-refractivity contribution in [3.63, 3.8) is 0 Å². The molecule has 0 saturated carbocycles. The summed E-state index contributed by atoms with van der Waals surface area (Å²) < 4.78 is 0. The van der Waals surface area contributed by atoms with E-state index in [0.29, 0.717) is 5.03 Å². The number of hydrogen-bond donors (Lipinski definition) is 0. The van der Waals surface area contributed by atoms with Gasteiger partial charge in [-0.15, -0.1) is 0 Å². The van der Waals surface area contributed by atoms with Crippen LogP contribution in [0, 0.1) is 22.7 Å². The summed E-state index contributed by atoms with van der Waals surface area (Å²) in [6.07, 6.45) is 8.46. The highest BCUT2D eigenvalue weighted by Crippen LogP contribution is 2.45. The Kier molecular flexibility index (Phi) is 5.89. The molecule has 26 heavy (non-hydrogen) atoms. The fourth-order valence-electron chi connectivity index (χ4n) is 3.13. The maximum Gasteiger partial charge on any atom is 0.129 e. The SMILES string of the molecule is CCN1C(=CC=C2CCCC(C=C(C#N)C#N)=C2Cl)Sc2ccccc21. The largest absolute Gasteiger partial charge is 0.335 e. The van der Waals surface area contributed by atoms with Crippen LogP contribution in [0.1, 0.15) is 26.2 Å². The molecule has 1 aliphatic heterocycles. The zero-order valence-electron chi connectivity index (χ0n) is 14.5. The first-order chi connectivity index (χ1) is 12.7. The minimum atomic E-state index is 0.0942. The first-order valence-electron chi connectivity index (χ1n) is 8.54. The van der Waals surface area contributed by atoms with E-state index >= 15 is 0 Å². The van der Waals surface area contributed by atoms with Gasteiger partial charge in [0, 0.05) is 16.5 Å². The minimum absolute atomic E-state index is 0.0942. The standard InChI is InChI=1S/C21H18ClN3S/c1-2-25-18-8-3-4-9-19(18)26-20(25)11-10-16-6-5-7-17(21(16)22)12-15(13-23)14-24/h3-4,8-12H,2,5-7H2,1H3. The van der Waals surface area contributed by atoms with Crippen LogP contribution >= 0.6 is 23.4 Å². The van der Waals surface area contributed by atoms with Crippen LogP contribution in [-0.4, -0.2) is 6.54 Å². The van der Waals surface area contributed by atoms with Crippen molar-refractivity contribution in [1.29, 1.82) is 10.5 Å². The number of nitrogens with zero attached hydrogens (tertiary/aromatic N) is 3. The van der Waals surface area contributed by atoms with Gasteiger partial charge in [0.05, 0.1) is 10.7 Å². The smallest absolute Gasteiger partial charge is 0.129 e. The Morgan fingerprint density at radius 3 is 2.73 bits per heavy atom. The van der Waals surface area contributed by atoms with E-state index in [1.807, 2.05) is 12.1 Å². The van der Waals surface area contributed by atoms with Gasteiger partial charge in [-0.25, -0.2) is 0 Å². The maximum absolute atomic E-state index is 8.96. The van der Waals surface area contributed by atoms with Crippen molar-refractivity contribution in [1.82, 2.24) is 0 Å². The van der Waals surface area contributed by atoms with E-state index in [4.69, 9.17) is 22.1 Å². The predicted molar refractivity (Wildman–Crippen MR) is 108 cm³/mol. The summed E-state index contributed by atoms with van der Waals surface area (Å²) in [4.78, 5) is 3.56. The molecule has 0 radical (unpaired) electrons. The third kappa shape index (κ3) is 3.73. The van der Waals surface area contributed by atoms with Crippen molar-refractivity contribution in [3.8, 4) is 12.1 Å². The van der Waals surface area contributed by atoms with Crippen LogP contribution in [0.15, 0.2) is 74.2 Å². The first kappa shape index (κ1) is 18.4. The molecule has 5 heteroatoms. The molecule has 0 bridgehead atoms. The Bertz CT molecular complexity index is 909. The van der Waals surface area contributed by atoms with E-state index in [2.05, 4.69) is 48.2 Å². The molecule has 1 aromatic rings. The van der Waals surface area contributed by atoms with Gasteiger partial charge in [0.1, 0.15) is 17.7 Å². The highest BCUT2D eigenvalue weighted by atomic mass is 35.5. The van der Waals surface area contributed by atoms with E-state index in [1.165, 1.54) is 15.6 Å². The Morgan fingerprint density at radius 1 is 1.23 bits per heavy atom. The van der Waals surface area contributed by atoms with Crippen LogP contribution in [0.3, 0.4) is 0 Å². The minimum Gasteiger partial charge on any atom is -0.335 e. The van der Waals surface area contributed by atoms with Crippen molar-refractivity contribution < 1.29 is 0 Å². The van der Waals surface area contributed by atoms with Crippen LogP contribution in [0.2, 0.25) is 0 Å². The molecule has 3 nitrogen and oxygen atoms in total. The molecule has 0 unspecified atom stereocenters. The van der Waals surface area contributed by atoms with Crippen molar-refractivity contribution in [2.24, 2.45) is 0 Å². The molecule has 0 N–H and O–H groups in total. The van der Waals surface area contributed by atoms with E-state index in [1.54, 1.807) is 17.8 Å². The predicted octanol–water partition coefficient (Wildman–Crippen LogP) is 6.04. The van der Waals surface area contributed by atoms with Gasteiger partial charge in [-0.05, 0) is 61.6 Å². The van der Waals surface area contributed by atoms with Gasteiger partial charge in [0.2, 0.25) is 0 Å². The molecular formula is C21H18ClN3S. The number of benzene rings is 1. The molecule has 0 amide bonds. The second-order valence-electron chi connectivity index (χ2n) is 5.99. The molecule has 0 atom stereocenters. The third-order valence-corrected chi connectivity index (χ3v) is 6.01. The highest BCUT2D eigenvalue weighted by molar-refractivity contribution is 8.03. The number of fused-ring (bicyclic) bond motifs is 1. The summed E-state index contributed by atoms with van der Waals surface area (Å²) in [7, 11) is 0. The van der Waals surface area contributed by atoms with Crippen molar-refractivity contribution >= 4 is 29.1 Å². The Morgan fingerprint density at radius 2 is 2.00 bits per heavy atom. The lowest BCUT2D eigenvalue weighted by atomic mass is 9.93. The quantitative estimate of drug-likeness (QED) is 0.601. The maximum atomic E-state index is 8.96. The molecule has 0 aromatic heterocycles. The molecule has 1 aliphatic carbocycles. The van der Waals surface area contributed by atoms with Crippen LogP contribution in [-0.2, 0) is 0 Å². The average molecular weight is 380 g/mol. The number of nitriles is 2. The summed E-state index contributed by atoms with van der Waals surface area (Å²) in [5.41, 5.74) is 3.26. The van der Waals surface area contributed by atoms with Gasteiger partial charge < -0.3 is 4.90 Å². The summed E-state index contributed by atoms with van der Waals surface area (Å²) in [6, 6.07) is 12.2. The Labute approximate surface area is 163 Å². The molecular weight excluding hydrogens is 362 g/mol. The molecule has 0 saturated heterocycles. The summed E-state index contributed by atoms with van der Waals surface area (Å²) in [5.74, 6) is 0. The molecule has 1 heterocycles. The van der Waals surface area contributed by atoms with Gasteiger partial charge in [-0.2, -0.15) is 10.5 Å². The van der Waals surface area contributed by atoms with Crippen LogP contribution in [0.25, 0.3) is 0 Å². The molecule has 0 fully saturated rings. The summed E-state index contributed by atoms with van der Waals surface area (Å²) in [5, 5.41) is 19.8. The van der Waals surface area contributed by atoms with E-state index in [0.717, 1.165) is 37.0 Å². The zero-order chi connectivity index (χ0) is 18.5. The number of thioether (sulfide) groups is 1. The van der Waals surface area contributed by atoms with Crippen molar-refractivity contribution in [2.45, 2.75) is 31.1 Å². The van der Waals surface area contributed by atoms with Crippen LogP contribution < -0.4 is 4.90 Å². The number of halogens is 1. The van der Waals surface area contributed by atoms with E-state index in [9.17, 15) is 0 Å². The molecule has 3 rings (SSSR count). The first-order valence-corrected chi connectivity index (χ1v) is 9.73. The number of rotatable bonds is 3. The molecule has 2 aliphatic rings. The van der Waals surface area contributed by atoms with E-state index < -0.39 is 0 Å². The highest BCUT2D eigenvalue weighted by Gasteiger charge is 2.23. The van der Waals surface area contributed by atoms with Crippen LogP contribution in [0.5, 0.6) is 0 Å². The van der Waals surface area contributed by atoms with Crippen LogP contribution in [0.4, 0.5) is 5.69 Å². The lowest BCUT2D eigenvalue weighted by Gasteiger charge is -2.19. The third-order valence-electron chi connectivity index (χ3n) is 4.40. The molecule has 0 spiro atoms. The molecule has 130 valence electrons. The second kappa shape index (κ2) is 8.32. The fraction of sp³-hybridized carbons (Fsp3) is 0.238. The summed E-state index contributed by atoms with van der Waals surface area (Å²) in [6.45, 7) is 3.05. The van der Waals surface area contributed by atoms with Crippen molar-refractivity contribution in [3.05, 3.63) is 69.3 Å². The second-order valence-corrected chi connectivity index (χ2v) is 7.43. The topological polar surface area (TPSA) is 50.8 Å². The number of para-hydroxylation sites is 1. The van der Waals surface area contributed by atoms with Gasteiger partial charge in [0.15, 0.2) is 0 Å². The normalized spacial score (nSPS) is 19.3. The monoisotopic (exact) mass is 379 g/mol. The fourth-order valence-corrected chi connectivity index (χ4v) is 4.56. The number of allylic oxidation sites excluding steroid dienone is 7. The number of hydrogen-bond acceptors (Lipinski definition) is 4. The Balaban J connectivity index is 1.91. The molecule has 1 aromatic carbocycles.